The van der Waals surface area contributed by atoms with E-state index in [0.717, 1.165) is 12.1 Å². The van der Waals surface area contributed by atoms with Crippen LogP contribution in [-0.2, 0) is 6.18 Å². The van der Waals surface area contributed by atoms with Crippen molar-refractivity contribution in [2.75, 3.05) is 10.6 Å². The summed E-state index contributed by atoms with van der Waals surface area (Å²) in [7, 11) is 0. The number of hydrogen-bond donors (Lipinski definition) is 2. The summed E-state index contributed by atoms with van der Waals surface area (Å²) in [6.07, 6.45) is 0.692. The Bertz CT molecular complexity index is 782. The Balaban J connectivity index is 2.17. The molecule has 0 aliphatic heterocycles. The lowest BCUT2D eigenvalue weighted by Crippen LogP contribution is -2.20. The number of benzene rings is 2. The van der Waals surface area contributed by atoms with Gasteiger partial charge in [0.15, 0.2) is 0 Å². The maximum atomic E-state index is 12.8. The fourth-order valence-corrected chi connectivity index (χ4v) is 2.05. The third-order valence-corrected chi connectivity index (χ3v) is 3.19. The van der Waals surface area contributed by atoms with Gasteiger partial charge in [-0.05, 0) is 30.3 Å². The minimum Gasteiger partial charge on any atom is -0.308 e. The van der Waals surface area contributed by atoms with E-state index in [0.29, 0.717) is 11.3 Å². The Morgan fingerprint density at radius 1 is 1.13 bits per heavy atom. The molecule has 2 N–H and O–H groups in total. The Morgan fingerprint density at radius 3 is 2.48 bits per heavy atom. The van der Waals surface area contributed by atoms with E-state index in [1.54, 1.807) is 24.3 Å². The number of urea groups is 1. The summed E-state index contributed by atoms with van der Waals surface area (Å²) in [6, 6.07) is 8.95. The van der Waals surface area contributed by atoms with Crippen molar-refractivity contribution in [3.8, 4) is 12.3 Å². The molecule has 0 atom stereocenters. The zero-order chi connectivity index (χ0) is 17.0. The smallest absolute Gasteiger partial charge is 0.308 e. The molecular formula is C16H10ClF3N2O. The van der Waals surface area contributed by atoms with E-state index < -0.39 is 22.8 Å². The van der Waals surface area contributed by atoms with E-state index in [1.165, 1.54) is 6.07 Å². The summed E-state index contributed by atoms with van der Waals surface area (Å²) in [5.74, 6) is 2.39. The molecule has 0 fully saturated rings. The van der Waals surface area contributed by atoms with Crippen LogP contribution >= 0.6 is 11.6 Å². The molecule has 0 aliphatic carbocycles. The molecular weight excluding hydrogens is 329 g/mol. The van der Waals surface area contributed by atoms with Crippen LogP contribution in [0.1, 0.15) is 11.1 Å². The molecule has 0 spiro atoms. The van der Waals surface area contributed by atoms with Crippen LogP contribution in [0.25, 0.3) is 0 Å². The highest BCUT2D eigenvalue weighted by molar-refractivity contribution is 6.31. The number of amides is 2. The van der Waals surface area contributed by atoms with Gasteiger partial charge in [-0.25, -0.2) is 4.79 Å². The Kier molecular flexibility index (Phi) is 4.82. The zero-order valence-electron chi connectivity index (χ0n) is 11.5. The van der Waals surface area contributed by atoms with Gasteiger partial charge in [-0.1, -0.05) is 29.7 Å². The van der Waals surface area contributed by atoms with Gasteiger partial charge >= 0.3 is 12.2 Å². The van der Waals surface area contributed by atoms with Gasteiger partial charge in [0.05, 0.1) is 16.3 Å². The van der Waals surface area contributed by atoms with Crippen molar-refractivity contribution in [2.24, 2.45) is 0 Å². The van der Waals surface area contributed by atoms with Gasteiger partial charge in [-0.3, -0.25) is 0 Å². The Hall–Kier alpha value is -2.65. The molecule has 3 nitrogen and oxygen atoms in total. The van der Waals surface area contributed by atoms with Crippen LogP contribution in [-0.4, -0.2) is 6.03 Å². The lowest BCUT2D eigenvalue weighted by Gasteiger charge is -2.13. The number of carbonyl (C=O) groups excluding carboxylic acids is 1. The molecule has 118 valence electrons. The first-order valence-electron chi connectivity index (χ1n) is 6.31. The van der Waals surface area contributed by atoms with Gasteiger partial charge < -0.3 is 10.6 Å². The van der Waals surface area contributed by atoms with Crippen LogP contribution in [0.4, 0.5) is 29.3 Å². The molecule has 0 heterocycles. The summed E-state index contributed by atoms with van der Waals surface area (Å²) < 4.78 is 38.3. The van der Waals surface area contributed by atoms with Crippen molar-refractivity contribution in [1.29, 1.82) is 0 Å². The van der Waals surface area contributed by atoms with E-state index in [1.807, 2.05) is 0 Å². The van der Waals surface area contributed by atoms with Crippen LogP contribution < -0.4 is 10.6 Å². The predicted octanol–water partition coefficient (Wildman–Crippen LogP) is 4.98. The van der Waals surface area contributed by atoms with Crippen molar-refractivity contribution in [3.63, 3.8) is 0 Å². The number of carbonyl (C=O) groups is 1. The largest absolute Gasteiger partial charge is 0.417 e. The molecule has 2 aromatic carbocycles. The highest BCUT2D eigenvalue weighted by Gasteiger charge is 2.33. The van der Waals surface area contributed by atoms with Gasteiger partial charge in [0.2, 0.25) is 0 Å². The first-order chi connectivity index (χ1) is 10.8. The second-order valence-corrected chi connectivity index (χ2v) is 4.87. The van der Waals surface area contributed by atoms with Gasteiger partial charge in [0.25, 0.3) is 0 Å². The minimum atomic E-state index is -4.61. The van der Waals surface area contributed by atoms with Gasteiger partial charge in [-0.2, -0.15) is 13.2 Å². The Labute approximate surface area is 135 Å². The first-order valence-corrected chi connectivity index (χ1v) is 6.69. The standard InChI is InChI=1S/C16H10ClF3N2O/c1-2-10-5-3-4-6-14(10)22-15(23)21-11-7-8-13(17)12(9-11)16(18,19)20/h1,3-9H,(H2,21,22,23). The lowest BCUT2D eigenvalue weighted by atomic mass is 10.2. The SMILES string of the molecule is C#Cc1ccccc1NC(=O)Nc1ccc(Cl)c(C(F)(F)F)c1. The van der Waals surface area contributed by atoms with Crippen molar-refractivity contribution in [2.45, 2.75) is 6.18 Å². The molecule has 0 aromatic heterocycles. The van der Waals surface area contributed by atoms with E-state index >= 15 is 0 Å². The molecule has 0 radical (unpaired) electrons. The average molecular weight is 339 g/mol. The highest BCUT2D eigenvalue weighted by atomic mass is 35.5. The molecule has 2 aromatic rings. The number of hydrogen-bond acceptors (Lipinski definition) is 1. The van der Waals surface area contributed by atoms with Crippen molar-refractivity contribution >= 4 is 29.0 Å². The van der Waals surface area contributed by atoms with E-state index in [2.05, 4.69) is 16.6 Å². The van der Waals surface area contributed by atoms with E-state index in [9.17, 15) is 18.0 Å². The maximum Gasteiger partial charge on any atom is 0.417 e. The molecule has 7 heteroatoms. The number of nitrogens with one attached hydrogen (secondary N) is 2. The zero-order valence-corrected chi connectivity index (χ0v) is 12.3. The third-order valence-electron chi connectivity index (χ3n) is 2.86. The monoisotopic (exact) mass is 338 g/mol. The second kappa shape index (κ2) is 6.63. The predicted molar refractivity (Wildman–Crippen MR) is 83.5 cm³/mol. The number of terminal acetylenes is 1. The number of anilines is 2. The van der Waals surface area contributed by atoms with Crippen molar-refractivity contribution < 1.29 is 18.0 Å². The summed E-state index contributed by atoms with van der Waals surface area (Å²) in [5.41, 5.74) is -0.245. The van der Waals surface area contributed by atoms with Crippen molar-refractivity contribution in [3.05, 3.63) is 58.6 Å². The van der Waals surface area contributed by atoms with E-state index in [-0.39, 0.29) is 5.69 Å². The summed E-state index contributed by atoms with van der Waals surface area (Å²) in [6.45, 7) is 0. The van der Waals surface area contributed by atoms with Crippen LogP contribution in [0.2, 0.25) is 5.02 Å². The number of para-hydroxylation sites is 1. The van der Waals surface area contributed by atoms with Gasteiger partial charge in [-0.15, -0.1) is 6.42 Å². The van der Waals surface area contributed by atoms with Crippen LogP contribution in [0.15, 0.2) is 42.5 Å². The fourth-order valence-electron chi connectivity index (χ4n) is 1.82. The van der Waals surface area contributed by atoms with Crippen molar-refractivity contribution in [1.82, 2.24) is 0 Å². The first kappa shape index (κ1) is 16.7. The molecule has 0 aliphatic rings. The normalized spacial score (nSPS) is 10.7. The molecule has 0 unspecified atom stereocenters. The molecule has 23 heavy (non-hydrogen) atoms. The molecule has 0 saturated heterocycles. The Morgan fingerprint density at radius 2 is 1.83 bits per heavy atom. The third kappa shape index (κ3) is 4.18. The number of alkyl halides is 3. The van der Waals surface area contributed by atoms with Crippen LogP contribution in [0.3, 0.4) is 0 Å². The lowest BCUT2D eigenvalue weighted by molar-refractivity contribution is -0.137. The van der Waals surface area contributed by atoms with E-state index in [4.69, 9.17) is 18.0 Å². The molecule has 2 amide bonds. The maximum absolute atomic E-state index is 12.8. The summed E-state index contributed by atoms with van der Waals surface area (Å²) >= 11 is 5.52. The van der Waals surface area contributed by atoms with Gasteiger partial charge in [0, 0.05) is 11.3 Å². The topological polar surface area (TPSA) is 41.1 Å². The fraction of sp³-hybridized carbons (Fsp3) is 0.0625. The average Bonchev–Trinajstić information content (AvgIpc) is 2.48. The molecule has 2 rings (SSSR count). The highest BCUT2D eigenvalue weighted by Crippen LogP contribution is 2.36. The van der Waals surface area contributed by atoms with Gasteiger partial charge in [0.1, 0.15) is 0 Å². The minimum absolute atomic E-state index is 0.0441. The summed E-state index contributed by atoms with van der Waals surface area (Å²) in [5, 5.41) is 4.34. The molecule has 0 bridgehead atoms. The second-order valence-electron chi connectivity index (χ2n) is 4.46. The molecule has 0 saturated carbocycles. The number of rotatable bonds is 2. The van der Waals surface area contributed by atoms with Crippen LogP contribution in [0, 0.1) is 12.3 Å². The summed E-state index contributed by atoms with van der Waals surface area (Å²) in [4.78, 5) is 11.9. The van der Waals surface area contributed by atoms with Crippen LogP contribution in [0.5, 0.6) is 0 Å². The quantitative estimate of drug-likeness (QED) is 0.745. The number of halogens is 4.